The Morgan fingerprint density at radius 3 is 2.59 bits per heavy atom. The molecular formula is C11H21NO4S. The summed E-state index contributed by atoms with van der Waals surface area (Å²) in [4.78, 5) is 11.4. The number of hydrogen-bond acceptors (Lipinski definition) is 5. The van der Waals surface area contributed by atoms with Crippen LogP contribution in [0.4, 0.5) is 0 Å². The Morgan fingerprint density at radius 1 is 1.41 bits per heavy atom. The second-order valence-corrected chi connectivity index (χ2v) is 7.65. The first-order valence-corrected chi connectivity index (χ1v) is 7.66. The van der Waals surface area contributed by atoms with E-state index in [0.29, 0.717) is 6.42 Å². The lowest BCUT2D eigenvalue weighted by Crippen LogP contribution is -2.43. The van der Waals surface area contributed by atoms with Gasteiger partial charge in [-0.15, -0.1) is 0 Å². The minimum atomic E-state index is -2.93. The lowest BCUT2D eigenvalue weighted by Gasteiger charge is -2.24. The zero-order chi connectivity index (χ0) is 13.1. The van der Waals surface area contributed by atoms with Gasteiger partial charge in [0.15, 0.2) is 9.84 Å². The summed E-state index contributed by atoms with van der Waals surface area (Å²) in [5.41, 5.74) is -0.503. The topological polar surface area (TPSA) is 72.5 Å². The van der Waals surface area contributed by atoms with E-state index in [1.807, 2.05) is 0 Å². The first kappa shape index (κ1) is 14.4. The van der Waals surface area contributed by atoms with Crippen LogP contribution in [-0.4, -0.2) is 44.1 Å². The van der Waals surface area contributed by atoms with Crippen molar-refractivity contribution in [3.63, 3.8) is 0 Å². The molecule has 1 aliphatic heterocycles. The highest BCUT2D eigenvalue weighted by Gasteiger charge is 2.25. The van der Waals surface area contributed by atoms with Gasteiger partial charge in [0.2, 0.25) is 0 Å². The van der Waals surface area contributed by atoms with Crippen LogP contribution < -0.4 is 5.32 Å². The van der Waals surface area contributed by atoms with Crippen molar-refractivity contribution in [1.29, 1.82) is 0 Å². The summed E-state index contributed by atoms with van der Waals surface area (Å²) in [5.74, 6) is 0.0356. The molecule has 6 heteroatoms. The van der Waals surface area contributed by atoms with Gasteiger partial charge in [-0.05, 0) is 33.6 Å². The molecule has 1 fully saturated rings. The van der Waals surface area contributed by atoms with E-state index in [4.69, 9.17) is 4.74 Å². The number of sulfone groups is 1. The van der Waals surface area contributed by atoms with Gasteiger partial charge < -0.3 is 10.1 Å². The van der Waals surface area contributed by atoms with E-state index in [9.17, 15) is 13.2 Å². The molecule has 1 rings (SSSR count). The molecule has 100 valence electrons. The third kappa shape index (κ3) is 6.02. The average Bonchev–Trinajstić information content (AvgIpc) is 2.10. The zero-order valence-corrected chi connectivity index (χ0v) is 11.5. The van der Waals surface area contributed by atoms with Crippen molar-refractivity contribution in [2.75, 3.05) is 18.1 Å². The Morgan fingerprint density at radius 2 is 2.06 bits per heavy atom. The Bertz CT molecular complexity index is 369. The third-order valence-corrected chi connectivity index (χ3v) is 4.24. The lowest BCUT2D eigenvalue weighted by molar-refractivity contribution is -0.153. The average molecular weight is 263 g/mol. The molecule has 0 aromatic carbocycles. The maximum atomic E-state index is 11.4. The highest BCUT2D eigenvalue weighted by atomic mass is 32.2. The maximum absolute atomic E-state index is 11.4. The molecule has 1 unspecified atom stereocenters. The van der Waals surface area contributed by atoms with Crippen LogP contribution in [0.5, 0.6) is 0 Å². The monoisotopic (exact) mass is 263 g/mol. The highest BCUT2D eigenvalue weighted by molar-refractivity contribution is 7.91. The summed E-state index contributed by atoms with van der Waals surface area (Å²) >= 11 is 0. The molecule has 5 nitrogen and oxygen atoms in total. The van der Waals surface area contributed by atoms with Gasteiger partial charge in [-0.1, -0.05) is 0 Å². The molecule has 1 saturated heterocycles. The van der Waals surface area contributed by atoms with E-state index in [1.165, 1.54) is 0 Å². The van der Waals surface area contributed by atoms with E-state index in [0.717, 1.165) is 6.42 Å². The van der Waals surface area contributed by atoms with E-state index < -0.39 is 15.4 Å². The van der Waals surface area contributed by atoms with Gasteiger partial charge in [-0.25, -0.2) is 8.42 Å². The predicted molar refractivity (Wildman–Crippen MR) is 65.5 cm³/mol. The molecule has 0 radical (unpaired) electrons. The van der Waals surface area contributed by atoms with Gasteiger partial charge >= 0.3 is 5.97 Å². The quantitative estimate of drug-likeness (QED) is 0.750. The second kappa shape index (κ2) is 5.35. The molecule has 0 aromatic rings. The van der Waals surface area contributed by atoms with Crippen molar-refractivity contribution in [1.82, 2.24) is 5.32 Å². The summed E-state index contributed by atoms with van der Waals surface area (Å²) in [5, 5.41) is 2.95. The van der Waals surface area contributed by atoms with Gasteiger partial charge in [0.1, 0.15) is 5.60 Å². The number of carbonyl (C=O) groups excluding carboxylic acids is 1. The summed E-state index contributed by atoms with van der Waals surface area (Å²) in [6, 6.07) is -0.124. The molecule has 0 aromatic heterocycles. The third-order valence-electron chi connectivity index (χ3n) is 2.42. The molecule has 0 saturated carbocycles. The molecule has 1 aliphatic rings. The van der Waals surface area contributed by atoms with Crippen LogP contribution in [0.3, 0.4) is 0 Å². The number of nitrogens with one attached hydrogen (secondary N) is 1. The zero-order valence-electron chi connectivity index (χ0n) is 10.7. The van der Waals surface area contributed by atoms with E-state index >= 15 is 0 Å². The Kier molecular flexibility index (Phi) is 4.55. The number of hydrogen-bond donors (Lipinski definition) is 1. The van der Waals surface area contributed by atoms with Crippen molar-refractivity contribution in [2.24, 2.45) is 0 Å². The molecule has 17 heavy (non-hydrogen) atoms. The Labute approximate surface area is 103 Å². The summed E-state index contributed by atoms with van der Waals surface area (Å²) in [6.07, 6.45) is 1.45. The first-order valence-electron chi connectivity index (χ1n) is 5.84. The highest BCUT2D eigenvalue weighted by Crippen LogP contribution is 2.12. The standard InChI is InChI=1S/C11H21NO4S/c1-11(2,3)16-10(13)7-12-9-5-4-6-17(14,15)8-9/h9,12H,4-8H2,1-3H3. The van der Waals surface area contributed by atoms with Crippen molar-refractivity contribution >= 4 is 15.8 Å². The molecule has 0 spiro atoms. The molecule has 1 N–H and O–H groups in total. The maximum Gasteiger partial charge on any atom is 0.320 e. The molecule has 1 heterocycles. The minimum Gasteiger partial charge on any atom is -0.459 e. The van der Waals surface area contributed by atoms with E-state index in [2.05, 4.69) is 5.32 Å². The smallest absolute Gasteiger partial charge is 0.320 e. The summed E-state index contributed by atoms with van der Waals surface area (Å²) in [6.45, 7) is 5.47. The van der Waals surface area contributed by atoms with Gasteiger partial charge in [0, 0.05) is 6.04 Å². The molecule has 0 aliphatic carbocycles. The number of rotatable bonds is 3. The predicted octanol–water partition coefficient (Wildman–Crippen LogP) is 0.495. The largest absolute Gasteiger partial charge is 0.459 e. The van der Waals surface area contributed by atoms with Crippen LogP contribution in [-0.2, 0) is 19.4 Å². The van der Waals surface area contributed by atoms with Crippen molar-refractivity contribution in [3.05, 3.63) is 0 Å². The van der Waals surface area contributed by atoms with E-state index in [1.54, 1.807) is 20.8 Å². The van der Waals surface area contributed by atoms with Crippen LogP contribution in [0.1, 0.15) is 33.6 Å². The fraction of sp³-hybridized carbons (Fsp3) is 0.909. The molecule has 1 atom stereocenters. The van der Waals surface area contributed by atoms with Crippen molar-refractivity contribution in [2.45, 2.75) is 45.3 Å². The van der Waals surface area contributed by atoms with Crippen molar-refractivity contribution < 1.29 is 17.9 Å². The Balaban J connectivity index is 2.34. The number of esters is 1. The molecule has 0 amide bonds. The first-order chi connectivity index (χ1) is 7.68. The van der Waals surface area contributed by atoms with Crippen molar-refractivity contribution in [3.8, 4) is 0 Å². The van der Waals surface area contributed by atoms with Crippen LogP contribution >= 0.6 is 0 Å². The minimum absolute atomic E-state index is 0.0669. The summed E-state index contributed by atoms with van der Waals surface area (Å²) in [7, 11) is -2.93. The Hall–Kier alpha value is -0.620. The normalized spacial score (nSPS) is 24.3. The van der Waals surface area contributed by atoms with Gasteiger partial charge in [-0.2, -0.15) is 0 Å². The molecule has 0 bridgehead atoms. The van der Waals surface area contributed by atoms with Gasteiger partial charge in [0.25, 0.3) is 0 Å². The fourth-order valence-electron chi connectivity index (χ4n) is 1.79. The summed E-state index contributed by atoms with van der Waals surface area (Å²) < 4.78 is 27.9. The second-order valence-electron chi connectivity index (χ2n) is 5.42. The lowest BCUT2D eigenvalue weighted by atomic mass is 10.2. The SMILES string of the molecule is CC(C)(C)OC(=O)CNC1CCCS(=O)(=O)C1. The van der Waals surface area contributed by atoms with Crippen LogP contribution in [0.25, 0.3) is 0 Å². The fourth-order valence-corrected chi connectivity index (χ4v) is 3.46. The van der Waals surface area contributed by atoms with Crippen LogP contribution in [0.15, 0.2) is 0 Å². The molecular weight excluding hydrogens is 242 g/mol. The number of ether oxygens (including phenoxy) is 1. The number of carbonyl (C=O) groups is 1. The van der Waals surface area contributed by atoms with Crippen LogP contribution in [0.2, 0.25) is 0 Å². The van der Waals surface area contributed by atoms with Gasteiger partial charge in [-0.3, -0.25) is 4.79 Å². The van der Waals surface area contributed by atoms with E-state index in [-0.39, 0.29) is 30.1 Å². The van der Waals surface area contributed by atoms with Crippen LogP contribution in [0, 0.1) is 0 Å². The van der Waals surface area contributed by atoms with Gasteiger partial charge in [0.05, 0.1) is 18.1 Å².